The molecule has 1 aromatic carbocycles. The zero-order chi connectivity index (χ0) is 18.4. The van der Waals surface area contributed by atoms with Crippen LogP contribution in [0.2, 0.25) is 0 Å². The summed E-state index contributed by atoms with van der Waals surface area (Å²) in [4.78, 5) is 25.2. The predicted octanol–water partition coefficient (Wildman–Crippen LogP) is 2.62. The molecule has 1 aromatic heterocycles. The van der Waals surface area contributed by atoms with Crippen LogP contribution < -0.4 is 0 Å². The van der Waals surface area contributed by atoms with Gasteiger partial charge in [-0.25, -0.2) is 4.98 Å². The van der Waals surface area contributed by atoms with Crippen LogP contribution in [0.1, 0.15) is 22.6 Å². The first-order chi connectivity index (χ1) is 12.6. The Hall–Kier alpha value is -1.76. The lowest BCUT2D eigenvalue weighted by molar-refractivity contribution is -0.133. The Labute approximate surface area is 160 Å². The van der Waals surface area contributed by atoms with Gasteiger partial charge in [-0.1, -0.05) is 30.3 Å². The average Bonchev–Trinajstić information content (AvgIpc) is 2.92. The van der Waals surface area contributed by atoms with Gasteiger partial charge in [0.15, 0.2) is 0 Å². The molecule has 140 valence electrons. The lowest BCUT2D eigenvalue weighted by Gasteiger charge is -2.27. The predicted molar refractivity (Wildman–Crippen MR) is 106 cm³/mol. The molecule has 1 aliphatic rings. The number of rotatable bonds is 6. The van der Waals surface area contributed by atoms with Crippen molar-refractivity contribution in [3.05, 3.63) is 52.0 Å². The molecule has 0 radical (unpaired) electrons. The van der Waals surface area contributed by atoms with Crippen LogP contribution in [0, 0.1) is 6.92 Å². The smallest absolute Gasteiger partial charge is 0.237 e. The quantitative estimate of drug-likeness (QED) is 0.781. The molecule has 1 fully saturated rings. The van der Waals surface area contributed by atoms with Gasteiger partial charge in [0.2, 0.25) is 5.91 Å². The zero-order valence-electron chi connectivity index (χ0n) is 15.7. The number of benzene rings is 1. The van der Waals surface area contributed by atoms with Crippen molar-refractivity contribution in [3.63, 3.8) is 0 Å². The van der Waals surface area contributed by atoms with Crippen molar-refractivity contribution in [3.8, 4) is 0 Å². The maximum atomic E-state index is 13.1. The largest absolute Gasteiger partial charge is 0.332 e. The fourth-order valence-electron chi connectivity index (χ4n) is 3.24. The number of nitrogens with zero attached hydrogens (tertiary/aromatic N) is 4. The summed E-state index contributed by atoms with van der Waals surface area (Å²) in [6, 6.07) is 10.2. The number of hydrogen-bond acceptors (Lipinski definition) is 5. The summed E-state index contributed by atoms with van der Waals surface area (Å²) >= 11 is 1.63. The minimum Gasteiger partial charge on any atom is -0.332 e. The van der Waals surface area contributed by atoms with Gasteiger partial charge in [0.05, 0.1) is 24.3 Å². The lowest BCUT2D eigenvalue weighted by Crippen LogP contribution is -2.41. The minimum atomic E-state index is 0.200. The van der Waals surface area contributed by atoms with Crippen molar-refractivity contribution in [2.24, 2.45) is 0 Å². The third kappa shape index (κ3) is 5.37. The van der Waals surface area contributed by atoms with E-state index >= 15 is 0 Å². The number of carbonyl (C=O) groups excluding carboxylic acids is 1. The summed E-state index contributed by atoms with van der Waals surface area (Å²) in [6.07, 6.45) is 1.12. The van der Waals surface area contributed by atoms with Gasteiger partial charge in [0.25, 0.3) is 0 Å². The number of aromatic nitrogens is 1. The average molecular weight is 373 g/mol. The molecule has 1 amide bonds. The van der Waals surface area contributed by atoms with E-state index in [1.54, 1.807) is 11.3 Å². The molecule has 2 aromatic rings. The van der Waals surface area contributed by atoms with Gasteiger partial charge in [-0.05, 0) is 39.0 Å². The molecule has 2 heterocycles. The van der Waals surface area contributed by atoms with E-state index < -0.39 is 0 Å². The second-order valence-electron chi connectivity index (χ2n) is 7.03. The Bertz CT molecular complexity index is 703. The molecule has 0 saturated carbocycles. The standard InChI is InChI=1S/C20H28N4OS/c1-17-19(26-16-21-17)14-24(13-18-7-4-3-5-8-18)20(25)15-23-10-6-9-22(2)11-12-23/h3-5,7-8,16H,6,9-15H2,1-2H3. The molecule has 5 nitrogen and oxygen atoms in total. The Morgan fingerprint density at radius 3 is 2.69 bits per heavy atom. The summed E-state index contributed by atoms with van der Waals surface area (Å²) in [5.41, 5.74) is 4.05. The van der Waals surface area contributed by atoms with Gasteiger partial charge in [0.1, 0.15) is 0 Å². The maximum Gasteiger partial charge on any atom is 0.237 e. The van der Waals surface area contributed by atoms with Crippen LogP contribution in [0.4, 0.5) is 0 Å². The van der Waals surface area contributed by atoms with Crippen LogP contribution in [0.25, 0.3) is 0 Å². The van der Waals surface area contributed by atoms with Crippen molar-refractivity contribution in [2.45, 2.75) is 26.4 Å². The summed E-state index contributed by atoms with van der Waals surface area (Å²) in [5.74, 6) is 0.200. The highest BCUT2D eigenvalue weighted by Gasteiger charge is 2.21. The Morgan fingerprint density at radius 1 is 1.15 bits per heavy atom. The van der Waals surface area contributed by atoms with Gasteiger partial charge in [0, 0.05) is 24.5 Å². The molecule has 0 unspecified atom stereocenters. The third-order valence-electron chi connectivity index (χ3n) is 4.92. The number of hydrogen-bond donors (Lipinski definition) is 0. The van der Waals surface area contributed by atoms with E-state index in [-0.39, 0.29) is 5.91 Å². The van der Waals surface area contributed by atoms with Gasteiger partial charge < -0.3 is 9.80 Å². The van der Waals surface area contributed by atoms with E-state index in [2.05, 4.69) is 34.0 Å². The molecular weight excluding hydrogens is 344 g/mol. The van der Waals surface area contributed by atoms with Gasteiger partial charge in [-0.2, -0.15) is 0 Å². The van der Waals surface area contributed by atoms with Crippen molar-refractivity contribution >= 4 is 17.2 Å². The van der Waals surface area contributed by atoms with E-state index in [0.717, 1.165) is 38.3 Å². The summed E-state index contributed by atoms with van der Waals surface area (Å²) in [7, 11) is 2.15. The van der Waals surface area contributed by atoms with Crippen LogP contribution in [0.15, 0.2) is 35.8 Å². The van der Waals surface area contributed by atoms with Crippen molar-refractivity contribution in [1.29, 1.82) is 0 Å². The molecule has 1 saturated heterocycles. The molecule has 0 atom stereocenters. The lowest BCUT2D eigenvalue weighted by atomic mass is 10.2. The first-order valence-electron chi connectivity index (χ1n) is 9.23. The fraction of sp³-hybridized carbons (Fsp3) is 0.500. The first kappa shape index (κ1) is 19.0. The fourth-order valence-corrected chi connectivity index (χ4v) is 4.03. The van der Waals surface area contributed by atoms with Crippen molar-refractivity contribution in [2.75, 3.05) is 39.8 Å². The van der Waals surface area contributed by atoms with Crippen LogP contribution in [-0.4, -0.2) is 65.4 Å². The minimum absolute atomic E-state index is 0.200. The van der Waals surface area contributed by atoms with Gasteiger partial charge in [-0.3, -0.25) is 9.69 Å². The SMILES string of the molecule is Cc1ncsc1CN(Cc1ccccc1)C(=O)CN1CCCN(C)CC1. The van der Waals surface area contributed by atoms with Crippen LogP contribution in [0.5, 0.6) is 0 Å². The number of aryl methyl sites for hydroxylation is 1. The van der Waals surface area contributed by atoms with Crippen molar-refractivity contribution < 1.29 is 4.79 Å². The number of amides is 1. The van der Waals surface area contributed by atoms with E-state index in [0.29, 0.717) is 19.6 Å². The monoisotopic (exact) mass is 372 g/mol. The van der Waals surface area contributed by atoms with Crippen LogP contribution in [-0.2, 0) is 17.9 Å². The Balaban J connectivity index is 1.69. The summed E-state index contributed by atoms with van der Waals surface area (Å²) in [5, 5.41) is 0. The number of likely N-dealkylation sites (N-methyl/N-ethyl adjacent to an activating group) is 1. The van der Waals surface area contributed by atoms with Gasteiger partial charge in [-0.15, -0.1) is 11.3 Å². The van der Waals surface area contributed by atoms with Crippen LogP contribution >= 0.6 is 11.3 Å². The third-order valence-corrected chi connectivity index (χ3v) is 5.84. The Morgan fingerprint density at radius 2 is 1.96 bits per heavy atom. The normalized spacial score (nSPS) is 16.4. The second-order valence-corrected chi connectivity index (χ2v) is 7.97. The molecule has 6 heteroatoms. The second kappa shape index (κ2) is 9.26. The zero-order valence-corrected chi connectivity index (χ0v) is 16.5. The van der Waals surface area contributed by atoms with Gasteiger partial charge >= 0.3 is 0 Å². The summed E-state index contributed by atoms with van der Waals surface area (Å²) < 4.78 is 0. The molecule has 3 rings (SSSR count). The highest BCUT2D eigenvalue weighted by atomic mass is 32.1. The van der Waals surface area contributed by atoms with E-state index in [1.807, 2.05) is 35.5 Å². The molecule has 0 spiro atoms. The topological polar surface area (TPSA) is 39.7 Å². The molecule has 0 N–H and O–H groups in total. The molecule has 26 heavy (non-hydrogen) atoms. The van der Waals surface area contributed by atoms with Crippen LogP contribution in [0.3, 0.4) is 0 Å². The highest BCUT2D eigenvalue weighted by Crippen LogP contribution is 2.17. The highest BCUT2D eigenvalue weighted by molar-refractivity contribution is 7.09. The molecule has 1 aliphatic heterocycles. The number of thiazole rings is 1. The molecule has 0 aliphatic carbocycles. The van der Waals surface area contributed by atoms with Crippen molar-refractivity contribution in [1.82, 2.24) is 19.7 Å². The first-order valence-corrected chi connectivity index (χ1v) is 10.1. The van der Waals surface area contributed by atoms with E-state index in [9.17, 15) is 4.79 Å². The molecular formula is C20H28N4OS. The molecule has 0 bridgehead atoms. The summed E-state index contributed by atoms with van der Waals surface area (Å²) in [6.45, 7) is 7.89. The maximum absolute atomic E-state index is 13.1. The Kier molecular flexibility index (Phi) is 6.77. The number of carbonyl (C=O) groups is 1. The van der Waals surface area contributed by atoms with E-state index in [4.69, 9.17) is 0 Å². The van der Waals surface area contributed by atoms with E-state index in [1.165, 1.54) is 10.4 Å².